The molecule has 244 valence electrons. The van der Waals surface area contributed by atoms with Crippen molar-refractivity contribution in [1.29, 1.82) is 0 Å². The molecule has 0 saturated carbocycles. The number of halogens is 1. The number of methoxy groups -OCH3 is 2. The molecule has 47 heavy (non-hydrogen) atoms. The third kappa shape index (κ3) is 7.00. The van der Waals surface area contributed by atoms with Crippen molar-refractivity contribution >= 4 is 23.4 Å². The molecule has 0 unspecified atom stereocenters. The van der Waals surface area contributed by atoms with E-state index in [2.05, 4.69) is 11.6 Å². The zero-order valence-corrected chi connectivity index (χ0v) is 27.4. The van der Waals surface area contributed by atoms with E-state index in [9.17, 15) is 14.0 Å². The summed E-state index contributed by atoms with van der Waals surface area (Å²) in [4.78, 5) is 31.9. The van der Waals surface area contributed by atoms with E-state index in [1.54, 1.807) is 54.6 Å². The van der Waals surface area contributed by atoms with Gasteiger partial charge < -0.3 is 23.7 Å². The molecule has 0 N–H and O–H groups in total. The highest BCUT2D eigenvalue weighted by Crippen LogP contribution is 2.36. The zero-order valence-electron chi connectivity index (χ0n) is 26.6. The summed E-state index contributed by atoms with van der Waals surface area (Å²) in [5.41, 5.74) is 2.31. The van der Waals surface area contributed by atoms with E-state index in [1.807, 2.05) is 19.9 Å². The van der Waals surface area contributed by atoms with Crippen LogP contribution in [0.4, 0.5) is 4.39 Å². The molecule has 2 heterocycles. The van der Waals surface area contributed by atoms with Gasteiger partial charge in [-0.3, -0.25) is 9.36 Å². The minimum Gasteiger partial charge on any atom is -0.493 e. The van der Waals surface area contributed by atoms with Gasteiger partial charge in [-0.2, -0.15) is 0 Å². The Bertz CT molecular complexity index is 2010. The van der Waals surface area contributed by atoms with Crippen LogP contribution in [0.1, 0.15) is 42.1 Å². The van der Waals surface area contributed by atoms with Crippen LogP contribution in [0.5, 0.6) is 23.0 Å². The number of benzene rings is 3. The minimum absolute atomic E-state index is 0.00418. The van der Waals surface area contributed by atoms with Gasteiger partial charge in [0.1, 0.15) is 12.4 Å². The Balaban J connectivity index is 1.60. The molecule has 3 aromatic carbocycles. The van der Waals surface area contributed by atoms with Gasteiger partial charge >= 0.3 is 5.97 Å². The van der Waals surface area contributed by atoms with Crippen LogP contribution in [0.25, 0.3) is 6.08 Å². The summed E-state index contributed by atoms with van der Waals surface area (Å²) in [5, 5.41) is 0. The second kappa shape index (κ2) is 15.0. The van der Waals surface area contributed by atoms with Gasteiger partial charge in [-0.25, -0.2) is 14.2 Å². The number of aromatic nitrogens is 1. The van der Waals surface area contributed by atoms with E-state index in [4.69, 9.17) is 23.7 Å². The summed E-state index contributed by atoms with van der Waals surface area (Å²) in [6, 6.07) is 14.5. The average molecular weight is 659 g/mol. The smallest absolute Gasteiger partial charge is 0.337 e. The number of thiazole rings is 1. The molecule has 0 radical (unpaired) electrons. The molecule has 4 aromatic rings. The first-order valence-corrected chi connectivity index (χ1v) is 15.8. The molecule has 9 nitrogen and oxygen atoms in total. The van der Waals surface area contributed by atoms with Crippen LogP contribution in [0.15, 0.2) is 88.8 Å². The normalized spacial score (nSPS) is 14.0. The molecule has 0 amide bonds. The van der Waals surface area contributed by atoms with Gasteiger partial charge in [0, 0.05) is 17.3 Å². The van der Waals surface area contributed by atoms with Crippen molar-refractivity contribution in [2.24, 2.45) is 4.99 Å². The molecular weight excluding hydrogens is 623 g/mol. The molecule has 0 aliphatic carbocycles. The quantitative estimate of drug-likeness (QED) is 0.143. The van der Waals surface area contributed by atoms with Crippen LogP contribution in [0, 0.1) is 5.82 Å². The number of hydrogen-bond donors (Lipinski definition) is 0. The lowest BCUT2D eigenvalue weighted by molar-refractivity contribution is -0.136. The molecule has 11 heteroatoms. The van der Waals surface area contributed by atoms with Crippen molar-refractivity contribution in [2.75, 3.05) is 27.4 Å². The second-order valence-electron chi connectivity index (χ2n) is 10.3. The van der Waals surface area contributed by atoms with Crippen molar-refractivity contribution in [3.8, 4) is 23.0 Å². The topological polar surface area (TPSA) is 97.6 Å². The lowest BCUT2D eigenvalue weighted by atomic mass is 9.97. The summed E-state index contributed by atoms with van der Waals surface area (Å²) in [6.07, 6.45) is 5.34. The SMILES string of the molecule is C=CCc1cc(/C=c2\sc3n(c2=O)[C@@H](c2ccc(OCC)c(OCC)c2)C(C(=O)OC)=CN=3)cc(OC)c1OCc1ccccc1F. The van der Waals surface area contributed by atoms with Gasteiger partial charge in [0.15, 0.2) is 27.8 Å². The number of esters is 1. The molecule has 0 saturated heterocycles. The first kappa shape index (κ1) is 33.2. The molecule has 1 aliphatic rings. The Labute approximate surface area is 275 Å². The fraction of sp³-hybridized carbons (Fsp3) is 0.250. The van der Waals surface area contributed by atoms with Crippen LogP contribution >= 0.6 is 11.3 Å². The number of carbonyl (C=O) groups excluding carboxylic acids is 1. The summed E-state index contributed by atoms with van der Waals surface area (Å²) < 4.78 is 44.5. The maximum atomic E-state index is 14.3. The predicted octanol–water partition coefficient (Wildman–Crippen LogP) is 5.27. The Kier molecular flexibility index (Phi) is 10.6. The van der Waals surface area contributed by atoms with Crippen molar-refractivity contribution in [3.63, 3.8) is 0 Å². The summed E-state index contributed by atoms with van der Waals surface area (Å²) in [7, 11) is 2.80. The number of rotatable bonds is 13. The second-order valence-corrected chi connectivity index (χ2v) is 11.3. The van der Waals surface area contributed by atoms with Gasteiger partial charge in [-0.1, -0.05) is 41.7 Å². The van der Waals surface area contributed by atoms with Gasteiger partial charge in [0.05, 0.1) is 43.6 Å². The third-order valence-corrected chi connectivity index (χ3v) is 8.37. The highest BCUT2D eigenvalue weighted by molar-refractivity contribution is 7.07. The van der Waals surface area contributed by atoms with Crippen molar-refractivity contribution in [2.45, 2.75) is 32.9 Å². The highest BCUT2D eigenvalue weighted by atomic mass is 32.1. The molecule has 5 rings (SSSR count). The average Bonchev–Trinajstić information content (AvgIpc) is 3.39. The highest BCUT2D eigenvalue weighted by Gasteiger charge is 2.31. The maximum absolute atomic E-state index is 14.3. The lowest BCUT2D eigenvalue weighted by Crippen LogP contribution is -2.39. The fourth-order valence-corrected chi connectivity index (χ4v) is 6.26. The summed E-state index contributed by atoms with van der Waals surface area (Å²) in [6.45, 7) is 8.45. The van der Waals surface area contributed by atoms with Crippen LogP contribution < -0.4 is 33.8 Å². The molecule has 1 atom stereocenters. The largest absolute Gasteiger partial charge is 0.493 e. The Hall–Kier alpha value is -5.16. The van der Waals surface area contributed by atoms with Crippen LogP contribution in [-0.4, -0.2) is 38.0 Å². The van der Waals surface area contributed by atoms with Gasteiger partial charge in [-0.15, -0.1) is 6.58 Å². The predicted molar refractivity (Wildman–Crippen MR) is 178 cm³/mol. The van der Waals surface area contributed by atoms with Crippen molar-refractivity contribution in [3.05, 3.63) is 127 Å². The Morgan fingerprint density at radius 3 is 2.47 bits per heavy atom. The summed E-state index contributed by atoms with van der Waals surface area (Å²) >= 11 is 1.19. The van der Waals surface area contributed by atoms with E-state index in [0.717, 1.165) is 5.56 Å². The van der Waals surface area contributed by atoms with Crippen molar-refractivity contribution in [1.82, 2.24) is 4.57 Å². The lowest BCUT2D eigenvalue weighted by Gasteiger charge is -2.23. The molecule has 1 aromatic heterocycles. The molecular formula is C36H35FN2O7S. The molecule has 0 bridgehead atoms. The monoisotopic (exact) mass is 658 g/mol. The molecule has 1 aliphatic heterocycles. The van der Waals surface area contributed by atoms with Crippen LogP contribution in [0.3, 0.4) is 0 Å². The first-order valence-electron chi connectivity index (χ1n) is 15.0. The maximum Gasteiger partial charge on any atom is 0.337 e. The Morgan fingerprint density at radius 2 is 1.77 bits per heavy atom. The standard InChI is InChI=1S/C36H35FN2O7S/c1-6-11-24-16-22(17-30(42-4)33(24)46-21-25-12-9-10-13-27(25)37)18-31-34(40)39-32(26(35(41)43-5)20-38-36(39)47-31)23-14-15-28(44-7-2)29(19-23)45-8-3/h6,9-10,12-20,32H,1,7-8,11,21H2,2-5H3/b31-18-/t32-/m0/s1. The number of allylic oxidation sites excluding steroid dienone is 1. The van der Waals surface area contributed by atoms with E-state index in [-0.39, 0.29) is 23.6 Å². The molecule has 0 fully saturated rings. The minimum atomic E-state index is -0.823. The van der Waals surface area contributed by atoms with Crippen molar-refractivity contribution < 1.29 is 32.9 Å². The Morgan fingerprint density at radius 1 is 1.00 bits per heavy atom. The zero-order chi connectivity index (χ0) is 33.5. The van der Waals surface area contributed by atoms with Gasteiger partial charge in [-0.05, 0) is 67.8 Å². The van der Waals surface area contributed by atoms with Gasteiger partial charge in [0.25, 0.3) is 5.56 Å². The summed E-state index contributed by atoms with van der Waals surface area (Å²) in [5.74, 6) is 0.955. The number of fused-ring (bicyclic) bond motifs is 1. The van der Waals surface area contributed by atoms with E-state index in [0.29, 0.717) is 68.7 Å². The van der Waals surface area contributed by atoms with Gasteiger partial charge in [0.2, 0.25) is 0 Å². The number of carbonyl (C=O) groups is 1. The first-order chi connectivity index (χ1) is 22.8. The number of hydrogen-bond acceptors (Lipinski definition) is 9. The van der Waals surface area contributed by atoms with Crippen LogP contribution in [-0.2, 0) is 22.6 Å². The third-order valence-electron chi connectivity index (χ3n) is 7.37. The van der Waals surface area contributed by atoms with E-state index >= 15 is 0 Å². The molecule has 0 spiro atoms. The van der Waals surface area contributed by atoms with E-state index < -0.39 is 12.0 Å². The number of ether oxygens (including phenoxy) is 5. The van der Waals surface area contributed by atoms with E-state index in [1.165, 1.54) is 42.4 Å². The van der Waals surface area contributed by atoms with Crippen LogP contribution in [0.2, 0.25) is 0 Å². The fourth-order valence-electron chi connectivity index (χ4n) is 5.29. The number of nitrogens with zero attached hydrogens (tertiary/aromatic N) is 2.